The summed E-state index contributed by atoms with van der Waals surface area (Å²) in [4.78, 5) is 12.2. The van der Waals surface area contributed by atoms with E-state index in [1.807, 2.05) is 0 Å². The van der Waals surface area contributed by atoms with Crippen molar-refractivity contribution >= 4 is 40.7 Å². The second kappa shape index (κ2) is 9.43. The lowest BCUT2D eigenvalue weighted by molar-refractivity contribution is -0.692. The fraction of sp³-hybridized carbons (Fsp3) is 0.500. The molecule has 0 aliphatic carbocycles. The molecule has 0 radical (unpaired) electrons. The number of alkyl halides is 3. The number of nitrogens with one attached hydrogen (secondary N) is 1. The lowest BCUT2D eigenvalue weighted by atomic mass is 10.2. The Morgan fingerprint density at radius 2 is 1.91 bits per heavy atom. The van der Waals surface area contributed by atoms with E-state index >= 15 is 0 Å². The monoisotopic (exact) mass is 369 g/mol. The minimum Gasteiger partial charge on any atom is -0.497 e. The van der Waals surface area contributed by atoms with Crippen molar-refractivity contribution in [3.05, 3.63) is 29.8 Å². The van der Waals surface area contributed by atoms with Crippen molar-refractivity contribution in [3.8, 4) is 5.75 Å². The maximum absolute atomic E-state index is 12.2. The minimum absolute atomic E-state index is 0.318. The molecule has 0 unspecified atom stereocenters. The molecular weight excluding hydrogens is 351 g/mol. The highest BCUT2D eigenvalue weighted by Crippen LogP contribution is 2.27. The van der Waals surface area contributed by atoms with Gasteiger partial charge in [-0.05, 0) is 24.3 Å². The molecule has 1 aromatic rings. The zero-order valence-corrected chi connectivity index (χ0v) is 14.7. The Balaban J connectivity index is 2.65. The first-order valence-electron chi connectivity index (χ1n) is 6.72. The van der Waals surface area contributed by atoms with Gasteiger partial charge in [0.2, 0.25) is 6.17 Å². The molecule has 0 spiro atoms. The Labute approximate surface area is 145 Å². The number of quaternary nitrogens is 1. The number of hydrogen-bond donors (Lipinski definition) is 2. The van der Waals surface area contributed by atoms with Gasteiger partial charge in [-0.3, -0.25) is 10.1 Å². The van der Waals surface area contributed by atoms with Crippen LogP contribution in [0.3, 0.4) is 0 Å². The molecule has 0 heterocycles. The lowest BCUT2D eigenvalue weighted by Crippen LogP contribution is -2.96. The summed E-state index contributed by atoms with van der Waals surface area (Å²) >= 11 is 17.8. The Bertz CT molecular complexity index is 463. The van der Waals surface area contributed by atoms with Gasteiger partial charge in [-0.25, -0.2) is 0 Å². The molecule has 22 heavy (non-hydrogen) atoms. The molecule has 124 valence electrons. The second-order valence-electron chi connectivity index (χ2n) is 4.59. The van der Waals surface area contributed by atoms with Gasteiger partial charge in [0, 0.05) is 19.1 Å². The third kappa shape index (κ3) is 6.58. The zero-order valence-electron chi connectivity index (χ0n) is 12.4. The standard InChI is InChI=1S/C14H19Cl3N2O3/c1-21-9-3-8-18-13(14(15,16)17)19-12(20)10-4-6-11(22-2)7-5-10/h4-7,13,18H,3,8-9H2,1-2H3,(H,19,20)/p+1/t13-/m0/s1. The van der Waals surface area contributed by atoms with Gasteiger partial charge in [-0.1, -0.05) is 34.8 Å². The molecule has 0 aliphatic heterocycles. The average molecular weight is 371 g/mol. The van der Waals surface area contributed by atoms with Gasteiger partial charge in [0.25, 0.3) is 9.70 Å². The van der Waals surface area contributed by atoms with Crippen LogP contribution in [0.25, 0.3) is 0 Å². The molecule has 8 heteroatoms. The van der Waals surface area contributed by atoms with Crippen LogP contribution in [0.5, 0.6) is 5.75 Å². The van der Waals surface area contributed by atoms with Gasteiger partial charge >= 0.3 is 0 Å². The summed E-state index contributed by atoms with van der Waals surface area (Å²) in [6, 6.07) is 6.69. The van der Waals surface area contributed by atoms with E-state index in [4.69, 9.17) is 44.3 Å². The van der Waals surface area contributed by atoms with Crippen molar-refractivity contribution in [2.75, 3.05) is 27.4 Å². The van der Waals surface area contributed by atoms with Gasteiger partial charge in [0.05, 0.1) is 20.3 Å². The molecule has 1 aromatic carbocycles. The summed E-state index contributed by atoms with van der Waals surface area (Å²) in [5.41, 5.74) is 0.463. The average Bonchev–Trinajstić information content (AvgIpc) is 2.49. The van der Waals surface area contributed by atoms with E-state index < -0.39 is 9.96 Å². The zero-order chi connectivity index (χ0) is 16.6. The Hall–Kier alpha value is -0.720. The smallest absolute Gasteiger partial charge is 0.262 e. The summed E-state index contributed by atoms with van der Waals surface area (Å²) < 4.78 is 8.39. The third-order valence-corrected chi connectivity index (χ3v) is 3.65. The molecule has 1 amide bonds. The topological polar surface area (TPSA) is 64.2 Å². The van der Waals surface area contributed by atoms with Gasteiger partial charge in [0.1, 0.15) is 5.75 Å². The number of rotatable bonds is 8. The maximum Gasteiger partial charge on any atom is 0.262 e. The number of carbonyl (C=O) groups is 1. The minimum atomic E-state index is -1.62. The maximum atomic E-state index is 12.2. The molecule has 1 atom stereocenters. The highest BCUT2D eigenvalue weighted by Gasteiger charge is 2.37. The quantitative estimate of drug-likeness (QED) is 0.416. The predicted octanol–water partition coefficient (Wildman–Crippen LogP) is 1.72. The second-order valence-corrected chi connectivity index (χ2v) is 6.96. The Morgan fingerprint density at radius 1 is 1.27 bits per heavy atom. The van der Waals surface area contributed by atoms with Crippen molar-refractivity contribution in [1.82, 2.24) is 5.32 Å². The fourth-order valence-corrected chi connectivity index (χ4v) is 2.18. The number of nitrogens with two attached hydrogens (primary N) is 1. The first-order valence-corrected chi connectivity index (χ1v) is 7.85. The summed E-state index contributed by atoms with van der Waals surface area (Å²) in [6.07, 6.45) is 0.0931. The first kappa shape index (κ1) is 19.3. The van der Waals surface area contributed by atoms with E-state index in [-0.39, 0.29) is 5.91 Å². The third-order valence-electron chi connectivity index (χ3n) is 2.95. The summed E-state index contributed by atoms with van der Waals surface area (Å²) in [5, 5.41) is 4.49. The van der Waals surface area contributed by atoms with E-state index in [9.17, 15) is 4.79 Å². The van der Waals surface area contributed by atoms with Gasteiger partial charge < -0.3 is 14.8 Å². The molecule has 0 saturated heterocycles. The Kier molecular flexibility index (Phi) is 8.28. The first-order chi connectivity index (χ1) is 10.4. The number of methoxy groups -OCH3 is 2. The van der Waals surface area contributed by atoms with Crippen molar-refractivity contribution < 1.29 is 19.6 Å². The van der Waals surface area contributed by atoms with Crippen molar-refractivity contribution in [2.24, 2.45) is 0 Å². The van der Waals surface area contributed by atoms with Crippen LogP contribution in [-0.4, -0.2) is 43.2 Å². The van der Waals surface area contributed by atoms with Crippen LogP contribution in [0.4, 0.5) is 0 Å². The number of hydrogen-bond acceptors (Lipinski definition) is 3. The Morgan fingerprint density at radius 3 is 2.41 bits per heavy atom. The molecule has 3 N–H and O–H groups in total. The lowest BCUT2D eigenvalue weighted by Gasteiger charge is -2.23. The predicted molar refractivity (Wildman–Crippen MR) is 87.8 cm³/mol. The number of carbonyl (C=O) groups excluding carboxylic acids is 1. The molecule has 0 aliphatic rings. The SMILES string of the molecule is COCCC[NH2+][C@@H](NC(=O)c1ccc(OC)cc1)C(Cl)(Cl)Cl. The van der Waals surface area contributed by atoms with Gasteiger partial charge in [-0.2, -0.15) is 0 Å². The van der Waals surface area contributed by atoms with Crippen LogP contribution in [0.1, 0.15) is 16.8 Å². The van der Waals surface area contributed by atoms with Crippen LogP contribution in [0.2, 0.25) is 0 Å². The molecule has 0 saturated carbocycles. The van der Waals surface area contributed by atoms with E-state index in [1.54, 1.807) is 43.8 Å². The number of amides is 1. The number of ether oxygens (including phenoxy) is 2. The van der Waals surface area contributed by atoms with E-state index in [2.05, 4.69) is 5.32 Å². The van der Waals surface area contributed by atoms with E-state index in [0.717, 1.165) is 6.42 Å². The highest BCUT2D eigenvalue weighted by atomic mass is 35.6. The molecule has 1 rings (SSSR count). The van der Waals surface area contributed by atoms with Crippen LogP contribution >= 0.6 is 34.8 Å². The molecule has 0 fully saturated rings. The fourth-order valence-electron chi connectivity index (χ4n) is 1.75. The molecule has 0 aromatic heterocycles. The van der Waals surface area contributed by atoms with Crippen LogP contribution < -0.4 is 15.4 Å². The van der Waals surface area contributed by atoms with Crippen molar-refractivity contribution in [3.63, 3.8) is 0 Å². The van der Waals surface area contributed by atoms with Crippen molar-refractivity contribution in [2.45, 2.75) is 16.4 Å². The number of halogens is 3. The van der Waals surface area contributed by atoms with Crippen molar-refractivity contribution in [1.29, 1.82) is 0 Å². The highest BCUT2D eigenvalue weighted by molar-refractivity contribution is 6.68. The molecule has 5 nitrogen and oxygen atoms in total. The van der Waals surface area contributed by atoms with Gasteiger partial charge in [0.15, 0.2) is 0 Å². The molecular formula is C14H20Cl3N2O3+. The van der Waals surface area contributed by atoms with E-state index in [0.29, 0.717) is 24.5 Å². The summed E-state index contributed by atoms with van der Waals surface area (Å²) in [6.45, 7) is 1.27. The molecule has 0 bridgehead atoms. The number of benzene rings is 1. The summed E-state index contributed by atoms with van der Waals surface area (Å²) in [7, 11) is 3.18. The normalized spacial score (nSPS) is 12.8. The van der Waals surface area contributed by atoms with Crippen LogP contribution in [-0.2, 0) is 4.74 Å². The largest absolute Gasteiger partial charge is 0.497 e. The van der Waals surface area contributed by atoms with Crippen LogP contribution in [0, 0.1) is 0 Å². The van der Waals surface area contributed by atoms with Gasteiger partial charge in [-0.15, -0.1) is 0 Å². The van der Waals surface area contributed by atoms with Crippen LogP contribution in [0.15, 0.2) is 24.3 Å². The van der Waals surface area contributed by atoms with E-state index in [1.165, 1.54) is 0 Å². The summed E-state index contributed by atoms with van der Waals surface area (Å²) in [5.74, 6) is 0.350.